The van der Waals surface area contributed by atoms with Gasteiger partial charge in [-0.1, -0.05) is 19.6 Å². The van der Waals surface area contributed by atoms with Crippen LogP contribution in [0, 0.1) is 20.8 Å². The van der Waals surface area contributed by atoms with Gasteiger partial charge < -0.3 is 11.1 Å². The molecule has 0 aliphatic heterocycles. The predicted octanol–water partition coefficient (Wildman–Crippen LogP) is 4.43. The first kappa shape index (κ1) is 18.7. The molecule has 0 bridgehead atoms. The summed E-state index contributed by atoms with van der Waals surface area (Å²) in [5.74, 6) is 0.548. The second-order valence-corrected chi connectivity index (χ2v) is 6.31. The second-order valence-electron chi connectivity index (χ2n) is 6.31. The molecule has 0 spiro atoms. The van der Waals surface area contributed by atoms with Crippen molar-refractivity contribution in [3.05, 3.63) is 52.7 Å². The van der Waals surface area contributed by atoms with Gasteiger partial charge in [0.25, 0.3) is 0 Å². The van der Waals surface area contributed by atoms with Crippen LogP contribution in [0.1, 0.15) is 34.7 Å². The minimum absolute atomic E-state index is 0.548. The highest BCUT2D eigenvalue weighted by Gasteiger charge is 2.19. The molecule has 1 aromatic carbocycles. The summed E-state index contributed by atoms with van der Waals surface area (Å²) in [5, 5.41) is 3.15. The molecule has 132 valence electrons. The van der Waals surface area contributed by atoms with Crippen molar-refractivity contribution in [2.24, 2.45) is 4.99 Å². The summed E-state index contributed by atoms with van der Waals surface area (Å²) < 4.78 is 0. The van der Waals surface area contributed by atoms with Gasteiger partial charge in [-0.2, -0.15) is 0 Å². The lowest BCUT2D eigenvalue weighted by Gasteiger charge is -2.20. The highest BCUT2D eigenvalue weighted by molar-refractivity contribution is 5.79. The van der Waals surface area contributed by atoms with Crippen LogP contribution in [-0.2, 0) is 12.8 Å². The predicted molar refractivity (Wildman–Crippen MR) is 109 cm³/mol. The van der Waals surface area contributed by atoms with Crippen molar-refractivity contribution in [2.75, 3.05) is 12.3 Å². The number of hydrogen-bond acceptors (Lipinski definition) is 4. The fourth-order valence-corrected chi connectivity index (χ4v) is 3.33. The lowest BCUT2D eigenvalue weighted by molar-refractivity contribution is 0.832. The summed E-state index contributed by atoms with van der Waals surface area (Å²) in [4.78, 5) is 9.00. The number of pyridine rings is 1. The summed E-state index contributed by atoms with van der Waals surface area (Å²) in [6, 6.07) is 4.12. The van der Waals surface area contributed by atoms with E-state index >= 15 is 0 Å². The van der Waals surface area contributed by atoms with E-state index in [2.05, 4.69) is 62.4 Å². The van der Waals surface area contributed by atoms with Crippen LogP contribution in [-0.4, -0.2) is 18.2 Å². The number of anilines is 1. The van der Waals surface area contributed by atoms with Gasteiger partial charge in [-0.15, -0.1) is 0 Å². The van der Waals surface area contributed by atoms with Gasteiger partial charge >= 0.3 is 0 Å². The SMILES string of the molecule is C=CNCCc1cc(C)c(-c2nc(N)cc(C)c2C)c(CC)c1N=C. The number of aliphatic imine (C=N–C) groups is 1. The van der Waals surface area contributed by atoms with Crippen molar-refractivity contribution in [3.63, 3.8) is 0 Å². The topological polar surface area (TPSA) is 63.3 Å². The fraction of sp³-hybridized carbons (Fsp3) is 0.333. The van der Waals surface area contributed by atoms with Crippen LogP contribution < -0.4 is 11.1 Å². The van der Waals surface area contributed by atoms with Gasteiger partial charge in [0.05, 0.1) is 11.4 Å². The standard InChI is InChI=1S/C21H28N4/c1-7-17-19(20-15(5)13(3)12-18(22)25-20)14(4)11-16(21(17)23-6)9-10-24-8-2/h8,11-12,24H,2,6-7,9-10H2,1,3-5H3,(H2,22,25). The first-order valence-electron chi connectivity index (χ1n) is 8.65. The molecule has 0 fully saturated rings. The lowest BCUT2D eigenvalue weighted by atomic mass is 9.89. The van der Waals surface area contributed by atoms with Crippen LogP contribution in [0.25, 0.3) is 11.3 Å². The van der Waals surface area contributed by atoms with Crippen molar-refractivity contribution >= 4 is 18.2 Å². The molecule has 2 aromatic rings. The zero-order valence-corrected chi connectivity index (χ0v) is 15.7. The Bertz CT molecular complexity index is 806. The van der Waals surface area contributed by atoms with Gasteiger partial charge in [0, 0.05) is 12.1 Å². The number of nitrogens with one attached hydrogen (secondary N) is 1. The van der Waals surface area contributed by atoms with E-state index in [1.807, 2.05) is 6.07 Å². The number of hydrogen-bond donors (Lipinski definition) is 2. The quantitative estimate of drug-likeness (QED) is 0.581. The molecule has 0 unspecified atom stereocenters. The average molecular weight is 336 g/mol. The van der Waals surface area contributed by atoms with Crippen LogP contribution in [0.5, 0.6) is 0 Å². The smallest absolute Gasteiger partial charge is 0.124 e. The van der Waals surface area contributed by atoms with Crippen LogP contribution >= 0.6 is 0 Å². The Labute approximate surface area is 150 Å². The summed E-state index contributed by atoms with van der Waals surface area (Å²) in [6.07, 6.45) is 3.45. The Balaban J connectivity index is 2.71. The molecule has 0 saturated heterocycles. The molecule has 0 aliphatic carbocycles. The monoisotopic (exact) mass is 336 g/mol. The van der Waals surface area contributed by atoms with E-state index < -0.39 is 0 Å². The van der Waals surface area contributed by atoms with Crippen molar-refractivity contribution in [2.45, 2.75) is 40.5 Å². The molecule has 0 radical (unpaired) electrons. The molecule has 4 nitrogen and oxygen atoms in total. The summed E-state index contributed by atoms with van der Waals surface area (Å²) in [6.45, 7) is 16.8. The Hall–Kier alpha value is -2.62. The van der Waals surface area contributed by atoms with E-state index in [1.165, 1.54) is 16.7 Å². The van der Waals surface area contributed by atoms with Gasteiger partial charge in [-0.3, -0.25) is 4.99 Å². The van der Waals surface area contributed by atoms with Crippen LogP contribution in [0.2, 0.25) is 0 Å². The fourth-order valence-electron chi connectivity index (χ4n) is 3.33. The molecule has 0 amide bonds. The van der Waals surface area contributed by atoms with Crippen molar-refractivity contribution in [1.29, 1.82) is 0 Å². The molecule has 4 heteroatoms. The maximum atomic E-state index is 6.02. The molecule has 2 rings (SSSR count). The zero-order valence-electron chi connectivity index (χ0n) is 15.7. The van der Waals surface area contributed by atoms with Crippen molar-refractivity contribution < 1.29 is 0 Å². The first-order chi connectivity index (χ1) is 11.9. The molecular formula is C21H28N4. The molecule has 25 heavy (non-hydrogen) atoms. The first-order valence-corrected chi connectivity index (χ1v) is 8.65. The van der Waals surface area contributed by atoms with Crippen LogP contribution in [0.4, 0.5) is 11.5 Å². The maximum Gasteiger partial charge on any atom is 0.124 e. The number of aryl methyl sites for hydroxylation is 2. The number of rotatable bonds is 7. The van der Waals surface area contributed by atoms with Gasteiger partial charge in [0.2, 0.25) is 0 Å². The van der Waals surface area contributed by atoms with E-state index in [4.69, 9.17) is 5.73 Å². The van der Waals surface area contributed by atoms with Crippen LogP contribution in [0.15, 0.2) is 29.9 Å². The van der Waals surface area contributed by atoms with E-state index in [1.54, 1.807) is 6.20 Å². The minimum Gasteiger partial charge on any atom is -0.391 e. The van der Waals surface area contributed by atoms with Gasteiger partial charge in [0.15, 0.2) is 0 Å². The highest BCUT2D eigenvalue weighted by atomic mass is 14.8. The maximum absolute atomic E-state index is 6.02. The summed E-state index contributed by atoms with van der Waals surface area (Å²) >= 11 is 0. The summed E-state index contributed by atoms with van der Waals surface area (Å²) in [5.41, 5.74) is 15.0. The van der Waals surface area contributed by atoms with E-state index in [9.17, 15) is 0 Å². The molecule has 0 aliphatic rings. The second kappa shape index (κ2) is 7.97. The van der Waals surface area contributed by atoms with Crippen molar-refractivity contribution in [1.82, 2.24) is 10.3 Å². The third kappa shape index (κ3) is 3.73. The largest absolute Gasteiger partial charge is 0.391 e. The van der Waals surface area contributed by atoms with E-state index in [-0.39, 0.29) is 0 Å². The number of nitrogen functional groups attached to an aromatic ring is 1. The Morgan fingerprint density at radius 2 is 1.96 bits per heavy atom. The third-order valence-electron chi connectivity index (χ3n) is 4.66. The number of nitrogens with two attached hydrogens (primary N) is 1. The highest BCUT2D eigenvalue weighted by Crippen LogP contribution is 2.38. The Kier molecular flexibility index (Phi) is 5.97. The average Bonchev–Trinajstić information content (AvgIpc) is 2.58. The molecule has 1 heterocycles. The van der Waals surface area contributed by atoms with E-state index in [0.717, 1.165) is 47.5 Å². The number of aromatic nitrogens is 1. The lowest BCUT2D eigenvalue weighted by Crippen LogP contribution is -2.10. The van der Waals surface area contributed by atoms with Gasteiger partial charge in [0.1, 0.15) is 5.82 Å². The number of nitrogens with zero attached hydrogens (tertiary/aromatic N) is 2. The summed E-state index contributed by atoms with van der Waals surface area (Å²) in [7, 11) is 0. The van der Waals surface area contributed by atoms with E-state index in [0.29, 0.717) is 5.82 Å². The minimum atomic E-state index is 0.548. The molecule has 0 saturated carbocycles. The number of benzene rings is 1. The zero-order chi connectivity index (χ0) is 18.6. The molecule has 0 atom stereocenters. The van der Waals surface area contributed by atoms with Gasteiger partial charge in [-0.05, 0) is 80.4 Å². The van der Waals surface area contributed by atoms with Crippen molar-refractivity contribution in [3.8, 4) is 11.3 Å². The Morgan fingerprint density at radius 3 is 2.56 bits per heavy atom. The Morgan fingerprint density at radius 1 is 1.24 bits per heavy atom. The molecule has 3 N–H and O–H groups in total. The van der Waals surface area contributed by atoms with Crippen LogP contribution in [0.3, 0.4) is 0 Å². The van der Waals surface area contributed by atoms with Gasteiger partial charge in [-0.25, -0.2) is 4.98 Å². The molecular weight excluding hydrogens is 308 g/mol. The molecule has 1 aromatic heterocycles. The normalized spacial score (nSPS) is 10.6. The third-order valence-corrected chi connectivity index (χ3v) is 4.66.